The largest absolute Gasteiger partial charge is 0.416 e. The van der Waals surface area contributed by atoms with E-state index in [-0.39, 0.29) is 23.8 Å². The highest BCUT2D eigenvalue weighted by Crippen LogP contribution is 2.48. The summed E-state index contributed by atoms with van der Waals surface area (Å²) < 4.78 is 416. The zero-order valence-electron chi connectivity index (χ0n) is 48.5. The molecule has 0 radical (unpaired) electrons. The van der Waals surface area contributed by atoms with Gasteiger partial charge in [-0.05, 0) is 130 Å². The normalized spacial score (nSPS) is 13.2. The first-order valence-electron chi connectivity index (χ1n) is 27.5. The predicted octanol–water partition coefficient (Wildman–Crippen LogP) is 18.8. The molecule has 0 fully saturated rings. The molecule has 0 amide bonds. The van der Waals surface area contributed by atoms with Crippen molar-refractivity contribution in [3.05, 3.63) is 211 Å². The Morgan fingerprint density at radius 2 is 0.505 bits per heavy atom. The average molecular weight is 1390 g/mol. The summed E-state index contributed by atoms with van der Waals surface area (Å²) in [5.41, 5.74) is -39.4. The smallest absolute Gasteiger partial charge is 0.192 e. The van der Waals surface area contributed by atoms with Crippen molar-refractivity contribution in [1.29, 1.82) is 10.5 Å². The van der Waals surface area contributed by atoms with Gasteiger partial charge in [-0.3, -0.25) is 0 Å². The minimum Gasteiger partial charge on any atom is -0.192 e. The zero-order valence-corrected chi connectivity index (χ0v) is 48.5. The van der Waals surface area contributed by atoms with Crippen molar-refractivity contribution in [3.8, 4) is 34.4 Å². The Bertz CT molecular complexity index is 4810. The highest BCUT2D eigenvalue weighted by Gasteiger charge is 2.52. The molecule has 0 heterocycles. The van der Waals surface area contributed by atoms with Gasteiger partial charge in [-0.15, -0.1) is 0 Å². The molecule has 0 unspecified atom stereocenters. The first-order valence-corrected chi connectivity index (χ1v) is 27.5. The van der Waals surface area contributed by atoms with E-state index >= 15 is 65.9 Å². The maximum Gasteiger partial charge on any atom is 0.416 e. The Morgan fingerprint density at radius 1 is 0.268 bits per heavy atom. The van der Waals surface area contributed by atoms with Gasteiger partial charge in [-0.2, -0.15) is 129 Å². The molecular formula is C66H31B2F27N2. The van der Waals surface area contributed by atoms with Crippen LogP contribution < -0.4 is 32.8 Å². The fourth-order valence-corrected chi connectivity index (χ4v) is 12.8. The summed E-state index contributed by atoms with van der Waals surface area (Å²) >= 11 is 0. The summed E-state index contributed by atoms with van der Waals surface area (Å²) in [6.07, 6.45) is -54.9. The van der Waals surface area contributed by atoms with Crippen LogP contribution in [0.1, 0.15) is 77.9 Å². The quantitative estimate of drug-likeness (QED) is 0.0865. The molecule has 31 heteroatoms. The minimum absolute atomic E-state index is 0.0432. The van der Waals surface area contributed by atoms with Crippen molar-refractivity contribution in [1.82, 2.24) is 0 Å². The molecule has 0 N–H and O–H groups in total. The third-order valence-electron chi connectivity index (χ3n) is 16.6. The molecule has 0 saturated carbocycles. The fourth-order valence-electron chi connectivity index (χ4n) is 12.8. The molecule has 0 aromatic heterocycles. The second-order valence-corrected chi connectivity index (χ2v) is 22.5. The first kappa shape index (κ1) is 70.3. The van der Waals surface area contributed by atoms with E-state index in [0.717, 1.165) is 48.5 Å². The van der Waals surface area contributed by atoms with Crippen molar-refractivity contribution in [2.75, 3.05) is 0 Å². The molecule has 0 aliphatic rings. The Hall–Kier alpha value is -9.54. The van der Waals surface area contributed by atoms with Crippen LogP contribution in [0.5, 0.6) is 0 Å². The van der Waals surface area contributed by atoms with Crippen LogP contribution >= 0.6 is 0 Å². The number of alkyl halides is 27. The Labute approximate surface area is 528 Å². The number of hydrogen-bond acceptors (Lipinski definition) is 2. The van der Waals surface area contributed by atoms with Crippen molar-refractivity contribution in [2.24, 2.45) is 0 Å². The molecule has 0 bridgehead atoms. The van der Waals surface area contributed by atoms with Crippen LogP contribution in [0.2, 0.25) is 0 Å². The lowest BCUT2D eigenvalue weighted by Gasteiger charge is -2.31. The Morgan fingerprint density at radius 3 is 0.763 bits per heavy atom. The van der Waals surface area contributed by atoms with E-state index in [0.29, 0.717) is 39.0 Å². The third-order valence-corrected chi connectivity index (χ3v) is 16.6. The highest BCUT2D eigenvalue weighted by molar-refractivity contribution is 6.99. The van der Waals surface area contributed by atoms with Crippen LogP contribution in [0.4, 0.5) is 119 Å². The lowest BCUT2D eigenvalue weighted by molar-refractivity contribution is -0.148. The molecule has 500 valence electrons. The number of rotatable bonds is 8. The predicted molar refractivity (Wildman–Crippen MR) is 305 cm³/mol. The van der Waals surface area contributed by atoms with Gasteiger partial charge in [0.2, 0.25) is 13.4 Å². The van der Waals surface area contributed by atoms with Crippen LogP contribution in [-0.2, 0) is 55.6 Å². The van der Waals surface area contributed by atoms with Gasteiger partial charge in [0.25, 0.3) is 0 Å². The number of halogens is 27. The van der Waals surface area contributed by atoms with Gasteiger partial charge in [0, 0.05) is 11.1 Å². The minimum atomic E-state index is -6.53. The maximum atomic E-state index is 16.0. The van der Waals surface area contributed by atoms with E-state index in [2.05, 4.69) is 0 Å². The van der Waals surface area contributed by atoms with Gasteiger partial charge in [-0.25, -0.2) is 0 Å². The second-order valence-electron chi connectivity index (χ2n) is 22.5. The van der Waals surface area contributed by atoms with Crippen LogP contribution in [0.25, 0.3) is 54.6 Å². The summed E-state index contributed by atoms with van der Waals surface area (Å²) in [5, 5.41) is 17.0. The van der Waals surface area contributed by atoms with Crippen LogP contribution in [0, 0.1) is 43.4 Å². The van der Waals surface area contributed by atoms with Gasteiger partial charge >= 0.3 is 55.6 Å². The molecule has 10 rings (SSSR count). The number of hydrogen-bond donors (Lipinski definition) is 0. The highest BCUT2D eigenvalue weighted by atomic mass is 19.4. The molecule has 10 aromatic rings. The summed E-state index contributed by atoms with van der Waals surface area (Å²) in [6.45, 7) is -5.15. The summed E-state index contributed by atoms with van der Waals surface area (Å²) in [5.74, 6) is 0. The molecule has 97 heavy (non-hydrogen) atoms. The van der Waals surface area contributed by atoms with Gasteiger partial charge < -0.3 is 0 Å². The Balaban J connectivity index is 1.58. The van der Waals surface area contributed by atoms with Gasteiger partial charge in [0.05, 0.1) is 73.3 Å². The molecule has 0 spiro atoms. The molecular weight excluding hydrogens is 1360 g/mol. The second kappa shape index (κ2) is 23.3. The number of nitrogens with zero attached hydrogens (tertiary/aromatic N) is 2. The van der Waals surface area contributed by atoms with Crippen LogP contribution in [0.15, 0.2) is 133 Å². The molecule has 0 saturated heterocycles. The Kier molecular flexibility index (Phi) is 16.9. The van der Waals surface area contributed by atoms with Gasteiger partial charge in [0.15, 0.2) is 0 Å². The zero-order chi connectivity index (χ0) is 71.9. The fraction of sp³-hybridized carbons (Fsp3) is 0.182. The average Bonchev–Trinajstić information content (AvgIpc) is 0.697. The third kappa shape index (κ3) is 12.7. The number of aryl methyl sites for hydroxylation is 3. The summed E-state index contributed by atoms with van der Waals surface area (Å²) in [4.78, 5) is 0. The summed E-state index contributed by atoms with van der Waals surface area (Å²) in [7, 11) is 0. The molecule has 2 nitrogen and oxygen atoms in total. The van der Waals surface area contributed by atoms with E-state index in [1.54, 1.807) is 12.1 Å². The van der Waals surface area contributed by atoms with Gasteiger partial charge in [0.1, 0.15) is 0 Å². The molecule has 0 atom stereocenters. The van der Waals surface area contributed by atoms with E-state index in [4.69, 9.17) is 0 Å². The standard InChI is InChI=1S/C66H31B2F27N2/c1-28-16-33(58(69,70)71)19-45(62(81,82)83)54(28)67(55-29(2)17-34(59(72,73)74)20-46(55)63(84,85)86)50-24-43(37-10-6-4-8-31(37)26-96)39-12-13-40-44(38-11-7-5-9-32(38)27-97)25-51(42-15-14-41(50)52(39)53(40)42)68(56-30(3)18-35(60(75,76)77)21-47(56)64(87,88)89)57-48(65(90,91)92)22-36(61(78,79)80)23-49(57)66(93,94)95/h4-25H,1-3H3. The lowest BCUT2D eigenvalue weighted by atomic mass is 9.33. The van der Waals surface area contributed by atoms with Gasteiger partial charge in [-0.1, -0.05) is 117 Å². The van der Waals surface area contributed by atoms with Crippen molar-refractivity contribution in [2.45, 2.75) is 76.4 Å². The van der Waals surface area contributed by atoms with Crippen molar-refractivity contribution in [3.63, 3.8) is 0 Å². The summed E-state index contributed by atoms with van der Waals surface area (Å²) in [6, 6.07) is 13.4. The van der Waals surface area contributed by atoms with E-state index in [1.807, 2.05) is 0 Å². The van der Waals surface area contributed by atoms with E-state index < -0.39 is 259 Å². The molecule has 10 aromatic carbocycles. The van der Waals surface area contributed by atoms with Crippen LogP contribution in [-0.4, -0.2) is 13.4 Å². The molecule has 0 aliphatic carbocycles. The SMILES string of the molecule is Cc1cc(C(F)(F)F)cc(C(F)(F)F)c1B(c1c(C)cc(C(F)(F)F)cc1C(F)(F)F)c1cc(-c2ccccc2C#N)c2ccc3c(-c4ccccc4C#N)cc(B(c4c(C)cc(C(F)(F)F)cc4C(F)(F)F)c4c(C(F)(F)F)cc(C(F)(F)F)cc4C(F)(F)F)c4ccc1c2c43. The maximum absolute atomic E-state index is 16.0. The van der Waals surface area contributed by atoms with Crippen LogP contribution in [0.3, 0.4) is 0 Å². The topological polar surface area (TPSA) is 47.6 Å². The van der Waals surface area contributed by atoms with Crippen molar-refractivity contribution >= 4 is 78.5 Å². The van der Waals surface area contributed by atoms with E-state index in [9.17, 15) is 63.2 Å². The van der Waals surface area contributed by atoms with E-state index in [1.165, 1.54) is 18.2 Å². The molecule has 0 aliphatic heterocycles. The number of nitriles is 2. The lowest BCUT2D eigenvalue weighted by Crippen LogP contribution is -2.59. The monoisotopic (exact) mass is 1390 g/mol. The first-order chi connectivity index (χ1) is 44.5. The van der Waals surface area contributed by atoms with Crippen molar-refractivity contribution < 1.29 is 119 Å². The number of benzene rings is 10.